The van der Waals surface area contributed by atoms with E-state index in [1.165, 1.54) is 0 Å². The van der Waals surface area contributed by atoms with Crippen molar-refractivity contribution in [2.45, 2.75) is 4.90 Å². The molecule has 9 heteroatoms. The quantitative estimate of drug-likeness (QED) is 0.840. The second-order valence-corrected chi connectivity index (χ2v) is 5.60. The van der Waals surface area contributed by atoms with E-state index >= 15 is 0 Å². The molecule has 0 aliphatic rings. The maximum atomic E-state index is 13.2. The van der Waals surface area contributed by atoms with Crippen LogP contribution in [0.2, 0.25) is 0 Å². The van der Waals surface area contributed by atoms with E-state index < -0.39 is 38.2 Å². The van der Waals surface area contributed by atoms with Gasteiger partial charge in [-0.15, -0.1) is 0 Å². The number of hydrogen-bond acceptors (Lipinski definition) is 4. The molecule has 0 aliphatic carbocycles. The first-order valence-electron chi connectivity index (χ1n) is 5.47. The van der Waals surface area contributed by atoms with Gasteiger partial charge in [-0.2, -0.15) is 4.39 Å². The third-order valence-electron chi connectivity index (χ3n) is 2.46. The molecular formula is C12H8F2N2O4S. The number of halogens is 2. The molecule has 1 aromatic carbocycles. The summed E-state index contributed by atoms with van der Waals surface area (Å²) in [6.45, 7) is 0. The summed E-state index contributed by atoms with van der Waals surface area (Å²) in [5.41, 5.74) is -0.785. The Balaban J connectivity index is 2.38. The molecule has 0 saturated carbocycles. The fraction of sp³-hybridized carbons (Fsp3) is 0. The predicted octanol–water partition coefficient (Wildman–Crippen LogP) is 1.86. The van der Waals surface area contributed by atoms with E-state index in [-0.39, 0.29) is 5.69 Å². The van der Waals surface area contributed by atoms with Crippen LogP contribution in [-0.2, 0) is 10.0 Å². The monoisotopic (exact) mass is 314 g/mol. The second kappa shape index (κ2) is 5.44. The first-order valence-corrected chi connectivity index (χ1v) is 6.95. The second-order valence-electron chi connectivity index (χ2n) is 3.92. The SMILES string of the molecule is O=C(O)c1cc(S(=O)(=O)Nc2ccc(F)nc2)ccc1F. The number of hydrogen-bond donors (Lipinski definition) is 2. The van der Waals surface area contributed by atoms with Gasteiger partial charge in [0.15, 0.2) is 0 Å². The Morgan fingerprint density at radius 1 is 1.19 bits per heavy atom. The third-order valence-corrected chi connectivity index (χ3v) is 3.84. The highest BCUT2D eigenvalue weighted by atomic mass is 32.2. The van der Waals surface area contributed by atoms with Crippen LogP contribution in [0.25, 0.3) is 0 Å². The molecule has 0 radical (unpaired) electrons. The number of sulfonamides is 1. The third kappa shape index (κ3) is 3.31. The van der Waals surface area contributed by atoms with Gasteiger partial charge < -0.3 is 5.11 Å². The Morgan fingerprint density at radius 3 is 2.48 bits per heavy atom. The Bertz CT molecular complexity index is 791. The van der Waals surface area contributed by atoms with Crippen LogP contribution < -0.4 is 4.72 Å². The van der Waals surface area contributed by atoms with Gasteiger partial charge in [-0.05, 0) is 30.3 Å². The van der Waals surface area contributed by atoms with Gasteiger partial charge in [0.2, 0.25) is 5.95 Å². The number of benzene rings is 1. The molecule has 2 aromatic rings. The molecule has 0 aliphatic heterocycles. The topological polar surface area (TPSA) is 96.4 Å². The first-order chi connectivity index (χ1) is 9.79. The van der Waals surface area contributed by atoms with Crippen molar-refractivity contribution in [2.24, 2.45) is 0 Å². The van der Waals surface area contributed by atoms with Gasteiger partial charge in [0, 0.05) is 0 Å². The zero-order chi connectivity index (χ0) is 15.6. The average Bonchev–Trinajstić information content (AvgIpc) is 2.41. The number of carbonyl (C=O) groups is 1. The lowest BCUT2D eigenvalue weighted by Gasteiger charge is -2.08. The van der Waals surface area contributed by atoms with Gasteiger partial charge in [-0.25, -0.2) is 22.6 Å². The van der Waals surface area contributed by atoms with Crippen LogP contribution in [-0.4, -0.2) is 24.5 Å². The van der Waals surface area contributed by atoms with E-state index in [1.807, 2.05) is 0 Å². The number of aromatic carboxylic acids is 1. The van der Waals surface area contributed by atoms with Crippen molar-refractivity contribution >= 4 is 21.7 Å². The van der Waals surface area contributed by atoms with E-state index in [4.69, 9.17) is 5.11 Å². The molecule has 0 saturated heterocycles. The molecular weight excluding hydrogens is 306 g/mol. The van der Waals surface area contributed by atoms with Crippen molar-refractivity contribution in [1.82, 2.24) is 4.98 Å². The molecule has 0 atom stereocenters. The Morgan fingerprint density at radius 2 is 1.90 bits per heavy atom. The van der Waals surface area contributed by atoms with Gasteiger partial charge in [0.25, 0.3) is 10.0 Å². The van der Waals surface area contributed by atoms with Crippen LogP contribution in [0.3, 0.4) is 0 Å². The van der Waals surface area contributed by atoms with Crippen LogP contribution in [0.4, 0.5) is 14.5 Å². The van der Waals surface area contributed by atoms with Crippen molar-refractivity contribution in [3.8, 4) is 0 Å². The Kier molecular flexibility index (Phi) is 3.85. The van der Waals surface area contributed by atoms with Crippen molar-refractivity contribution in [2.75, 3.05) is 4.72 Å². The maximum Gasteiger partial charge on any atom is 0.338 e. The molecule has 0 bridgehead atoms. The molecule has 110 valence electrons. The Hall–Kier alpha value is -2.55. The minimum Gasteiger partial charge on any atom is -0.478 e. The number of anilines is 1. The molecule has 2 N–H and O–H groups in total. The molecule has 2 rings (SSSR count). The predicted molar refractivity (Wildman–Crippen MR) is 68.4 cm³/mol. The molecule has 0 unspecified atom stereocenters. The van der Waals surface area contributed by atoms with Crippen molar-refractivity contribution < 1.29 is 27.1 Å². The van der Waals surface area contributed by atoms with E-state index in [1.54, 1.807) is 0 Å². The van der Waals surface area contributed by atoms with Crippen molar-refractivity contribution in [3.05, 3.63) is 53.9 Å². The zero-order valence-corrected chi connectivity index (χ0v) is 11.1. The van der Waals surface area contributed by atoms with Crippen LogP contribution in [0, 0.1) is 11.8 Å². The number of carboxylic acids is 1. The summed E-state index contributed by atoms with van der Waals surface area (Å²) in [7, 11) is -4.14. The highest BCUT2D eigenvalue weighted by molar-refractivity contribution is 7.92. The summed E-state index contributed by atoms with van der Waals surface area (Å²) < 4.78 is 52.0. The number of pyridine rings is 1. The molecule has 0 amide bonds. The number of nitrogens with zero attached hydrogens (tertiary/aromatic N) is 1. The van der Waals surface area contributed by atoms with Crippen molar-refractivity contribution in [1.29, 1.82) is 0 Å². The minimum atomic E-state index is -4.14. The highest BCUT2D eigenvalue weighted by Crippen LogP contribution is 2.18. The minimum absolute atomic E-state index is 0.0161. The lowest BCUT2D eigenvalue weighted by Crippen LogP contribution is -2.14. The smallest absolute Gasteiger partial charge is 0.338 e. The van der Waals surface area contributed by atoms with Gasteiger partial charge in [0.1, 0.15) is 5.82 Å². The molecule has 6 nitrogen and oxygen atoms in total. The zero-order valence-electron chi connectivity index (χ0n) is 10.2. The molecule has 0 fully saturated rings. The highest BCUT2D eigenvalue weighted by Gasteiger charge is 2.19. The standard InChI is InChI=1S/C12H8F2N2O4S/c13-10-3-2-8(5-9(10)12(17)18)21(19,20)16-7-1-4-11(14)15-6-7/h1-6,16H,(H,17,18). The van der Waals surface area contributed by atoms with Gasteiger partial charge in [-0.3, -0.25) is 4.72 Å². The summed E-state index contributed by atoms with van der Waals surface area (Å²) >= 11 is 0. The summed E-state index contributed by atoms with van der Waals surface area (Å²) in [6, 6.07) is 4.44. The van der Waals surface area contributed by atoms with Gasteiger partial charge in [-0.1, -0.05) is 0 Å². The van der Waals surface area contributed by atoms with E-state index in [9.17, 15) is 22.0 Å². The lowest BCUT2D eigenvalue weighted by atomic mass is 10.2. The number of aromatic nitrogens is 1. The molecule has 1 heterocycles. The van der Waals surface area contributed by atoms with Crippen LogP contribution in [0.15, 0.2) is 41.4 Å². The fourth-order valence-corrected chi connectivity index (χ4v) is 2.55. The van der Waals surface area contributed by atoms with Gasteiger partial charge >= 0.3 is 5.97 Å². The molecule has 1 aromatic heterocycles. The Labute approximate surface area is 118 Å². The number of nitrogens with one attached hydrogen (secondary N) is 1. The summed E-state index contributed by atoms with van der Waals surface area (Å²) in [5.74, 6) is -3.43. The lowest BCUT2D eigenvalue weighted by molar-refractivity contribution is 0.0691. The van der Waals surface area contributed by atoms with E-state index in [0.29, 0.717) is 6.07 Å². The van der Waals surface area contributed by atoms with E-state index in [0.717, 1.165) is 30.5 Å². The summed E-state index contributed by atoms with van der Waals surface area (Å²) in [5, 5.41) is 8.77. The summed E-state index contributed by atoms with van der Waals surface area (Å²) in [6.07, 6.45) is 0.953. The number of rotatable bonds is 4. The maximum absolute atomic E-state index is 13.2. The van der Waals surface area contributed by atoms with Crippen molar-refractivity contribution in [3.63, 3.8) is 0 Å². The fourth-order valence-electron chi connectivity index (χ4n) is 1.49. The number of carboxylic acid groups (broad SMARTS) is 1. The van der Waals surface area contributed by atoms with Gasteiger partial charge in [0.05, 0.1) is 22.3 Å². The largest absolute Gasteiger partial charge is 0.478 e. The first kappa shape index (κ1) is 14.9. The normalized spacial score (nSPS) is 11.1. The molecule has 21 heavy (non-hydrogen) atoms. The van der Waals surface area contributed by atoms with Crippen LogP contribution >= 0.6 is 0 Å². The summed E-state index contributed by atoms with van der Waals surface area (Å²) in [4.78, 5) is 13.6. The average molecular weight is 314 g/mol. The van der Waals surface area contributed by atoms with Crippen LogP contribution in [0.5, 0.6) is 0 Å². The van der Waals surface area contributed by atoms with E-state index in [2.05, 4.69) is 9.71 Å². The molecule has 0 spiro atoms. The van der Waals surface area contributed by atoms with Crippen LogP contribution in [0.1, 0.15) is 10.4 Å².